The van der Waals surface area contributed by atoms with E-state index in [9.17, 15) is 9.18 Å². The van der Waals surface area contributed by atoms with Crippen LogP contribution in [0, 0.1) is 18.7 Å². The van der Waals surface area contributed by atoms with Gasteiger partial charge in [-0.15, -0.1) is 0 Å². The van der Waals surface area contributed by atoms with Crippen LogP contribution in [-0.4, -0.2) is 33.6 Å². The van der Waals surface area contributed by atoms with Gasteiger partial charge in [0.1, 0.15) is 11.3 Å². The van der Waals surface area contributed by atoms with Crippen LogP contribution in [0.1, 0.15) is 42.5 Å². The van der Waals surface area contributed by atoms with E-state index in [4.69, 9.17) is 10.1 Å². The summed E-state index contributed by atoms with van der Waals surface area (Å²) in [4.78, 5) is 19.9. The number of fused-ring (bicyclic) bond motifs is 3. The lowest BCUT2D eigenvalue weighted by molar-refractivity contribution is -0.120. The van der Waals surface area contributed by atoms with Crippen LogP contribution in [0.5, 0.6) is 0 Å². The quantitative estimate of drug-likeness (QED) is 0.715. The fourth-order valence-electron chi connectivity index (χ4n) is 4.76. The van der Waals surface area contributed by atoms with Gasteiger partial charge in [0, 0.05) is 36.7 Å². The van der Waals surface area contributed by atoms with Crippen LogP contribution in [0.15, 0.2) is 30.6 Å². The van der Waals surface area contributed by atoms with Gasteiger partial charge in [-0.2, -0.15) is 5.10 Å². The average molecular weight is 407 g/mol. The van der Waals surface area contributed by atoms with Gasteiger partial charge >= 0.3 is 0 Å². The zero-order valence-electron chi connectivity index (χ0n) is 17.2. The number of piperidine rings is 1. The highest BCUT2D eigenvalue weighted by Gasteiger charge is 2.29. The fraction of sp³-hybridized carbons (Fsp3) is 0.435. The number of nitrogens with one attached hydrogen (secondary N) is 1. The van der Waals surface area contributed by atoms with Crippen LogP contribution in [-0.2, 0) is 17.6 Å². The van der Waals surface area contributed by atoms with Crippen molar-refractivity contribution in [2.45, 2.75) is 45.4 Å². The summed E-state index contributed by atoms with van der Waals surface area (Å²) >= 11 is 0. The number of nitrogens with zero attached hydrogens (tertiary/aromatic N) is 4. The summed E-state index contributed by atoms with van der Waals surface area (Å²) < 4.78 is 15.3. The molecule has 156 valence electrons. The van der Waals surface area contributed by atoms with E-state index in [0.29, 0.717) is 12.2 Å². The second kappa shape index (κ2) is 7.70. The van der Waals surface area contributed by atoms with Gasteiger partial charge in [0.25, 0.3) is 0 Å². The third-order valence-corrected chi connectivity index (χ3v) is 6.34. The second-order valence-corrected chi connectivity index (χ2v) is 8.41. The zero-order valence-corrected chi connectivity index (χ0v) is 17.2. The standard InChI is InChI=1S/C23H26FN5O/c1-15-13-17(24)8-9-19(15)26-23(30)16-5-4-11-28(14-16)22-21-18-6-2-3-7-20(18)27-29(21)12-10-25-22/h8-10,12-13,16H,2-7,11,14H2,1H3,(H,26,30)/t16-/m1/s1. The number of anilines is 2. The molecule has 0 spiro atoms. The van der Waals surface area contributed by atoms with Crippen molar-refractivity contribution >= 4 is 22.9 Å². The molecule has 1 aliphatic heterocycles. The van der Waals surface area contributed by atoms with E-state index in [-0.39, 0.29) is 17.6 Å². The van der Waals surface area contributed by atoms with Gasteiger partial charge in [0.2, 0.25) is 5.91 Å². The first-order valence-corrected chi connectivity index (χ1v) is 10.8. The van der Waals surface area contributed by atoms with Gasteiger partial charge in [-0.05, 0) is 69.2 Å². The van der Waals surface area contributed by atoms with E-state index < -0.39 is 0 Å². The number of halogens is 1. The minimum atomic E-state index is -0.294. The number of aromatic nitrogens is 3. The molecule has 3 heterocycles. The maximum absolute atomic E-state index is 13.4. The molecule has 0 radical (unpaired) electrons. The molecule has 1 aliphatic carbocycles. The first kappa shape index (κ1) is 19.0. The van der Waals surface area contributed by atoms with Crippen molar-refractivity contribution in [2.24, 2.45) is 5.92 Å². The van der Waals surface area contributed by atoms with Gasteiger partial charge < -0.3 is 10.2 Å². The lowest BCUT2D eigenvalue weighted by atomic mass is 9.95. The molecule has 0 bridgehead atoms. The third kappa shape index (κ3) is 3.42. The van der Waals surface area contributed by atoms with Crippen molar-refractivity contribution in [1.82, 2.24) is 14.6 Å². The Morgan fingerprint density at radius 3 is 2.97 bits per heavy atom. The van der Waals surface area contributed by atoms with E-state index in [1.54, 1.807) is 19.2 Å². The summed E-state index contributed by atoms with van der Waals surface area (Å²) in [5.74, 6) is 0.488. The Morgan fingerprint density at radius 1 is 1.23 bits per heavy atom. The van der Waals surface area contributed by atoms with E-state index in [2.05, 4.69) is 10.2 Å². The number of hydrogen-bond donors (Lipinski definition) is 1. The predicted molar refractivity (Wildman–Crippen MR) is 114 cm³/mol. The molecule has 2 aromatic heterocycles. The minimum Gasteiger partial charge on any atom is -0.354 e. The molecule has 1 N–H and O–H groups in total. The third-order valence-electron chi connectivity index (χ3n) is 6.34. The van der Waals surface area contributed by atoms with Crippen LogP contribution < -0.4 is 10.2 Å². The van der Waals surface area contributed by atoms with Crippen molar-refractivity contribution in [3.8, 4) is 0 Å². The van der Waals surface area contributed by atoms with Gasteiger partial charge in [-0.25, -0.2) is 13.9 Å². The number of carbonyl (C=O) groups excluding carboxylic acids is 1. The highest BCUT2D eigenvalue weighted by Crippen LogP contribution is 2.32. The Hall–Kier alpha value is -2.96. The SMILES string of the molecule is Cc1cc(F)ccc1NC(=O)[C@@H]1CCCN(c2nccn3nc4c(c23)CCCC4)C1. The molecule has 1 saturated heterocycles. The van der Waals surface area contributed by atoms with Crippen molar-refractivity contribution in [2.75, 3.05) is 23.3 Å². The number of benzene rings is 1. The number of rotatable bonds is 3. The molecule has 3 aromatic rings. The Morgan fingerprint density at radius 2 is 2.10 bits per heavy atom. The number of hydrogen-bond acceptors (Lipinski definition) is 4. The summed E-state index contributed by atoms with van der Waals surface area (Å²) in [6, 6.07) is 4.45. The van der Waals surface area contributed by atoms with Crippen molar-refractivity contribution in [3.63, 3.8) is 0 Å². The fourth-order valence-corrected chi connectivity index (χ4v) is 4.76. The average Bonchev–Trinajstić information content (AvgIpc) is 3.14. The van der Waals surface area contributed by atoms with Gasteiger partial charge in [0.15, 0.2) is 5.82 Å². The summed E-state index contributed by atoms with van der Waals surface area (Å²) in [6.07, 6.45) is 9.92. The van der Waals surface area contributed by atoms with Gasteiger partial charge in [-0.1, -0.05) is 0 Å². The van der Waals surface area contributed by atoms with E-state index in [0.717, 1.165) is 49.1 Å². The van der Waals surface area contributed by atoms with E-state index in [1.165, 1.54) is 36.2 Å². The molecule has 2 aliphatic rings. The van der Waals surface area contributed by atoms with E-state index >= 15 is 0 Å². The van der Waals surface area contributed by atoms with Crippen LogP contribution in [0.3, 0.4) is 0 Å². The molecular weight excluding hydrogens is 381 g/mol. The largest absolute Gasteiger partial charge is 0.354 e. The van der Waals surface area contributed by atoms with Crippen molar-refractivity contribution in [1.29, 1.82) is 0 Å². The molecule has 30 heavy (non-hydrogen) atoms. The minimum absolute atomic E-state index is 0.0168. The highest BCUT2D eigenvalue weighted by atomic mass is 19.1. The lowest BCUT2D eigenvalue weighted by Crippen LogP contribution is -2.41. The molecule has 0 saturated carbocycles. The Balaban J connectivity index is 1.39. The Bertz CT molecular complexity index is 1110. The Kier molecular flexibility index (Phi) is 4.89. The van der Waals surface area contributed by atoms with Gasteiger partial charge in [-0.3, -0.25) is 4.79 Å². The van der Waals surface area contributed by atoms with Crippen LogP contribution in [0.4, 0.5) is 15.9 Å². The maximum Gasteiger partial charge on any atom is 0.229 e. The second-order valence-electron chi connectivity index (χ2n) is 8.41. The Labute approximate surface area is 175 Å². The van der Waals surface area contributed by atoms with Crippen LogP contribution in [0.25, 0.3) is 5.52 Å². The first-order valence-electron chi connectivity index (χ1n) is 10.8. The molecule has 1 amide bonds. The predicted octanol–water partition coefficient (Wildman–Crippen LogP) is 3.91. The molecule has 0 unspecified atom stereocenters. The van der Waals surface area contributed by atoms with Gasteiger partial charge in [0.05, 0.1) is 11.6 Å². The smallest absolute Gasteiger partial charge is 0.229 e. The monoisotopic (exact) mass is 407 g/mol. The van der Waals surface area contributed by atoms with E-state index in [1.807, 2.05) is 10.7 Å². The highest BCUT2D eigenvalue weighted by molar-refractivity contribution is 5.94. The summed E-state index contributed by atoms with van der Waals surface area (Å²) in [6.45, 7) is 3.31. The summed E-state index contributed by atoms with van der Waals surface area (Å²) in [5.41, 5.74) is 5.01. The zero-order chi connectivity index (χ0) is 20.7. The van der Waals surface area contributed by atoms with Crippen molar-refractivity contribution in [3.05, 3.63) is 53.2 Å². The molecule has 1 aromatic carbocycles. The number of aryl methyl sites for hydroxylation is 3. The number of carbonyl (C=O) groups is 1. The van der Waals surface area contributed by atoms with Crippen LogP contribution in [0.2, 0.25) is 0 Å². The molecule has 7 heteroatoms. The maximum atomic E-state index is 13.4. The molecular formula is C23H26FN5O. The first-order chi connectivity index (χ1) is 14.6. The topological polar surface area (TPSA) is 62.5 Å². The van der Waals surface area contributed by atoms with Crippen molar-refractivity contribution < 1.29 is 9.18 Å². The van der Waals surface area contributed by atoms with Crippen LogP contribution >= 0.6 is 0 Å². The molecule has 1 atom stereocenters. The number of amides is 1. The molecule has 1 fully saturated rings. The normalized spacial score (nSPS) is 19.0. The summed E-state index contributed by atoms with van der Waals surface area (Å²) in [7, 11) is 0. The lowest BCUT2D eigenvalue weighted by Gasteiger charge is -2.33. The molecule has 5 rings (SSSR count). The molecule has 6 nitrogen and oxygen atoms in total. The summed E-state index contributed by atoms with van der Waals surface area (Å²) in [5, 5.41) is 7.77.